The van der Waals surface area contributed by atoms with Crippen LogP contribution in [0.25, 0.3) is 16.6 Å². The minimum Gasteiger partial charge on any atom is -0.346 e. The number of allylic oxidation sites excluding steroid dienone is 1. The average molecular weight is 237 g/mol. The van der Waals surface area contributed by atoms with E-state index in [1.807, 2.05) is 18.3 Å². The van der Waals surface area contributed by atoms with Gasteiger partial charge in [-0.25, -0.2) is 4.98 Å². The summed E-state index contributed by atoms with van der Waals surface area (Å²) in [4.78, 5) is 7.32. The van der Waals surface area contributed by atoms with Gasteiger partial charge in [0.1, 0.15) is 5.65 Å². The topological polar surface area (TPSA) is 28.7 Å². The van der Waals surface area contributed by atoms with Crippen LogP contribution in [0, 0.1) is 0 Å². The number of hydrogen-bond acceptors (Lipinski definition) is 1. The van der Waals surface area contributed by atoms with Crippen LogP contribution < -0.4 is 0 Å². The predicted octanol–water partition coefficient (Wildman–Crippen LogP) is 2.97. The second-order valence-electron chi connectivity index (χ2n) is 2.84. The summed E-state index contributed by atoms with van der Waals surface area (Å²) in [5, 5.41) is 1.92. The van der Waals surface area contributed by atoms with E-state index in [0.29, 0.717) is 0 Å². The largest absolute Gasteiger partial charge is 0.346 e. The van der Waals surface area contributed by atoms with Gasteiger partial charge in [-0.15, -0.1) is 0 Å². The fourth-order valence-electron chi connectivity index (χ4n) is 1.32. The number of nitrogens with one attached hydrogen (secondary N) is 1. The number of rotatable bonds is 2. The summed E-state index contributed by atoms with van der Waals surface area (Å²) in [7, 11) is 0. The molecule has 0 saturated carbocycles. The summed E-state index contributed by atoms with van der Waals surface area (Å²) >= 11 is 3.39. The Hall–Kier alpha value is -1.09. The first-order valence-electron chi connectivity index (χ1n) is 3.99. The van der Waals surface area contributed by atoms with Crippen LogP contribution in [0.3, 0.4) is 0 Å². The van der Waals surface area contributed by atoms with E-state index in [1.54, 1.807) is 6.20 Å². The SMILES string of the molecule is C=C(CBr)c1c[nH]c2ncccc12. The molecule has 2 heterocycles. The third-order valence-corrected chi connectivity index (χ3v) is 2.67. The fraction of sp³-hybridized carbons (Fsp3) is 0.100. The van der Waals surface area contributed by atoms with Gasteiger partial charge in [-0.1, -0.05) is 22.5 Å². The van der Waals surface area contributed by atoms with E-state index in [-0.39, 0.29) is 0 Å². The molecule has 2 aromatic heterocycles. The first-order valence-corrected chi connectivity index (χ1v) is 5.11. The highest BCUT2D eigenvalue weighted by atomic mass is 79.9. The Kier molecular flexibility index (Phi) is 2.19. The summed E-state index contributed by atoms with van der Waals surface area (Å²) < 4.78 is 0. The minimum atomic E-state index is 0.787. The lowest BCUT2D eigenvalue weighted by atomic mass is 10.1. The van der Waals surface area contributed by atoms with Crippen molar-refractivity contribution in [3.05, 3.63) is 36.7 Å². The van der Waals surface area contributed by atoms with Crippen LogP contribution in [-0.2, 0) is 0 Å². The maximum atomic E-state index is 4.21. The van der Waals surface area contributed by atoms with E-state index >= 15 is 0 Å². The van der Waals surface area contributed by atoms with Gasteiger partial charge >= 0.3 is 0 Å². The van der Waals surface area contributed by atoms with Gasteiger partial charge in [0.2, 0.25) is 0 Å². The van der Waals surface area contributed by atoms with Crippen LogP contribution in [0.15, 0.2) is 31.1 Å². The molecule has 0 aromatic carbocycles. The standard InChI is InChI=1S/C10H9BrN2/c1-7(5-11)9-6-13-10-8(9)3-2-4-12-10/h2-4,6H,1,5H2,(H,12,13). The number of aromatic nitrogens is 2. The third-order valence-electron chi connectivity index (χ3n) is 1.99. The van der Waals surface area contributed by atoms with Crippen molar-refractivity contribution in [2.24, 2.45) is 0 Å². The third kappa shape index (κ3) is 1.40. The Morgan fingerprint density at radius 1 is 1.62 bits per heavy atom. The molecule has 0 amide bonds. The first kappa shape index (κ1) is 8.51. The molecule has 0 spiro atoms. The summed E-state index contributed by atoms with van der Waals surface area (Å²) in [5.41, 5.74) is 3.12. The van der Waals surface area contributed by atoms with Gasteiger partial charge in [0, 0.05) is 28.7 Å². The lowest BCUT2D eigenvalue weighted by molar-refractivity contribution is 1.32. The molecular formula is C10H9BrN2. The molecule has 13 heavy (non-hydrogen) atoms. The molecule has 1 N–H and O–H groups in total. The number of hydrogen-bond donors (Lipinski definition) is 1. The van der Waals surface area contributed by atoms with Gasteiger partial charge in [0.25, 0.3) is 0 Å². The maximum Gasteiger partial charge on any atom is 0.137 e. The van der Waals surface area contributed by atoms with E-state index < -0.39 is 0 Å². The number of nitrogens with zero attached hydrogens (tertiary/aromatic N) is 1. The van der Waals surface area contributed by atoms with Crippen molar-refractivity contribution in [2.45, 2.75) is 0 Å². The smallest absolute Gasteiger partial charge is 0.137 e. The molecule has 3 heteroatoms. The highest BCUT2D eigenvalue weighted by Gasteiger charge is 2.05. The zero-order valence-electron chi connectivity index (χ0n) is 7.05. The van der Waals surface area contributed by atoms with Crippen LogP contribution in [0.5, 0.6) is 0 Å². The highest BCUT2D eigenvalue weighted by molar-refractivity contribution is 9.09. The molecule has 0 fully saturated rings. The van der Waals surface area contributed by atoms with Crippen molar-refractivity contribution < 1.29 is 0 Å². The Morgan fingerprint density at radius 2 is 2.46 bits per heavy atom. The van der Waals surface area contributed by atoms with Gasteiger partial charge in [-0.05, 0) is 17.7 Å². The molecule has 2 aromatic rings. The molecule has 0 aliphatic heterocycles. The van der Waals surface area contributed by atoms with Crippen LogP contribution in [-0.4, -0.2) is 15.3 Å². The van der Waals surface area contributed by atoms with E-state index in [9.17, 15) is 0 Å². The van der Waals surface area contributed by atoms with Crippen molar-refractivity contribution in [1.29, 1.82) is 0 Å². The maximum absolute atomic E-state index is 4.21. The zero-order valence-corrected chi connectivity index (χ0v) is 8.63. The molecule has 2 nitrogen and oxygen atoms in total. The summed E-state index contributed by atoms with van der Waals surface area (Å²) in [6, 6.07) is 3.98. The summed E-state index contributed by atoms with van der Waals surface area (Å²) in [6.45, 7) is 3.97. The number of pyridine rings is 1. The van der Waals surface area contributed by atoms with Gasteiger partial charge < -0.3 is 4.98 Å². The van der Waals surface area contributed by atoms with Crippen molar-refractivity contribution >= 4 is 32.5 Å². The van der Waals surface area contributed by atoms with Crippen molar-refractivity contribution in [2.75, 3.05) is 5.33 Å². The molecule has 0 saturated heterocycles. The molecule has 0 radical (unpaired) electrons. The number of halogens is 1. The average Bonchev–Trinajstić information content (AvgIpc) is 2.60. The molecule has 2 rings (SSSR count). The molecule has 0 bridgehead atoms. The van der Waals surface area contributed by atoms with Gasteiger partial charge in [-0.3, -0.25) is 0 Å². The van der Waals surface area contributed by atoms with E-state index in [2.05, 4.69) is 32.5 Å². The van der Waals surface area contributed by atoms with Gasteiger partial charge in [0.05, 0.1) is 0 Å². The lowest BCUT2D eigenvalue weighted by Gasteiger charge is -1.97. The van der Waals surface area contributed by atoms with Gasteiger partial charge in [0.15, 0.2) is 0 Å². The monoisotopic (exact) mass is 236 g/mol. The molecule has 0 aliphatic carbocycles. The van der Waals surface area contributed by atoms with E-state index in [4.69, 9.17) is 0 Å². The molecule has 0 aliphatic rings. The molecule has 0 unspecified atom stereocenters. The second-order valence-corrected chi connectivity index (χ2v) is 3.40. The number of aromatic amines is 1. The summed E-state index contributed by atoms with van der Waals surface area (Å²) in [6.07, 6.45) is 3.72. The minimum absolute atomic E-state index is 0.787. The lowest BCUT2D eigenvalue weighted by Crippen LogP contribution is -1.80. The van der Waals surface area contributed by atoms with Crippen LogP contribution in [0.2, 0.25) is 0 Å². The number of H-pyrrole nitrogens is 1. The normalized spacial score (nSPS) is 10.5. The van der Waals surface area contributed by atoms with Crippen molar-refractivity contribution in [1.82, 2.24) is 9.97 Å². The van der Waals surface area contributed by atoms with Crippen molar-refractivity contribution in [3.63, 3.8) is 0 Å². The predicted molar refractivity (Wildman–Crippen MR) is 58.9 cm³/mol. The Balaban J connectivity index is 2.64. The molecular weight excluding hydrogens is 228 g/mol. The van der Waals surface area contributed by atoms with Crippen LogP contribution in [0.4, 0.5) is 0 Å². The second kappa shape index (κ2) is 3.34. The van der Waals surface area contributed by atoms with Crippen LogP contribution >= 0.6 is 15.9 Å². The Bertz CT molecular complexity index is 445. The van der Waals surface area contributed by atoms with E-state index in [1.165, 1.54) is 0 Å². The highest BCUT2D eigenvalue weighted by Crippen LogP contribution is 2.23. The number of alkyl halides is 1. The zero-order chi connectivity index (χ0) is 9.26. The Labute approximate surface area is 84.8 Å². The van der Waals surface area contributed by atoms with Gasteiger partial charge in [-0.2, -0.15) is 0 Å². The summed E-state index contributed by atoms with van der Waals surface area (Å²) in [5.74, 6) is 0. The fourth-order valence-corrected chi connectivity index (χ4v) is 1.62. The molecule has 66 valence electrons. The quantitative estimate of drug-likeness (QED) is 0.799. The Morgan fingerprint density at radius 3 is 3.23 bits per heavy atom. The van der Waals surface area contributed by atoms with Crippen molar-refractivity contribution in [3.8, 4) is 0 Å². The first-order chi connectivity index (χ1) is 6.33. The van der Waals surface area contributed by atoms with Crippen LogP contribution in [0.1, 0.15) is 5.56 Å². The molecule has 0 atom stereocenters. The number of fused-ring (bicyclic) bond motifs is 1. The van der Waals surface area contributed by atoms with E-state index in [0.717, 1.165) is 27.5 Å².